The zero-order valence-electron chi connectivity index (χ0n) is 14.4. The van der Waals surface area contributed by atoms with Gasteiger partial charge < -0.3 is 4.90 Å². The predicted molar refractivity (Wildman–Crippen MR) is 104 cm³/mol. The van der Waals surface area contributed by atoms with Gasteiger partial charge in [0.2, 0.25) is 15.9 Å². The number of halogens is 1. The maximum absolute atomic E-state index is 12.5. The number of rotatable bonds is 6. The third-order valence-corrected chi connectivity index (χ3v) is 5.43. The number of benzene rings is 2. The second-order valence-electron chi connectivity index (χ2n) is 5.98. The van der Waals surface area contributed by atoms with E-state index >= 15 is 0 Å². The van der Waals surface area contributed by atoms with E-state index in [2.05, 4.69) is 15.9 Å². The Bertz CT molecular complexity index is 834. The van der Waals surface area contributed by atoms with Crippen LogP contribution in [0.2, 0.25) is 0 Å². The van der Waals surface area contributed by atoms with Crippen molar-refractivity contribution < 1.29 is 13.2 Å². The summed E-state index contributed by atoms with van der Waals surface area (Å²) in [6.07, 6.45) is 1.10. The third kappa shape index (κ3) is 5.57. The van der Waals surface area contributed by atoms with Gasteiger partial charge in [0.05, 0.1) is 11.9 Å². The van der Waals surface area contributed by atoms with Crippen LogP contribution in [0.3, 0.4) is 0 Å². The summed E-state index contributed by atoms with van der Waals surface area (Å²) in [5.41, 5.74) is 2.61. The molecule has 0 aliphatic carbocycles. The molecular weight excluding hydrogens is 404 g/mol. The van der Waals surface area contributed by atoms with E-state index in [4.69, 9.17) is 0 Å². The van der Waals surface area contributed by atoms with E-state index < -0.39 is 10.0 Å². The molecule has 0 aliphatic rings. The van der Waals surface area contributed by atoms with Crippen molar-refractivity contribution >= 4 is 37.5 Å². The topological polar surface area (TPSA) is 57.7 Å². The van der Waals surface area contributed by atoms with Gasteiger partial charge in [-0.25, -0.2) is 8.42 Å². The maximum atomic E-state index is 12.5. The molecule has 0 N–H and O–H groups in total. The summed E-state index contributed by atoms with van der Waals surface area (Å²) < 4.78 is 26.2. The van der Waals surface area contributed by atoms with Gasteiger partial charge in [-0.3, -0.25) is 9.10 Å². The summed E-state index contributed by atoms with van der Waals surface area (Å²) in [5, 5.41) is 0. The van der Waals surface area contributed by atoms with Crippen LogP contribution in [-0.2, 0) is 21.4 Å². The number of sulfonamides is 1. The summed E-state index contributed by atoms with van der Waals surface area (Å²) in [6.45, 7) is 2.20. The van der Waals surface area contributed by atoms with Crippen molar-refractivity contribution in [3.05, 3.63) is 64.1 Å². The fourth-order valence-electron chi connectivity index (χ4n) is 2.31. The number of carbonyl (C=O) groups is 1. The van der Waals surface area contributed by atoms with Gasteiger partial charge in [-0.15, -0.1) is 0 Å². The van der Waals surface area contributed by atoms with Crippen molar-refractivity contribution in [2.24, 2.45) is 0 Å². The van der Waals surface area contributed by atoms with Crippen molar-refractivity contribution in [2.45, 2.75) is 13.5 Å². The molecule has 0 atom stereocenters. The molecule has 25 heavy (non-hydrogen) atoms. The van der Waals surface area contributed by atoms with Gasteiger partial charge in [0.15, 0.2) is 0 Å². The summed E-state index contributed by atoms with van der Waals surface area (Å²) in [7, 11) is -1.90. The third-order valence-electron chi connectivity index (χ3n) is 3.76. The van der Waals surface area contributed by atoms with Gasteiger partial charge in [0.25, 0.3) is 0 Å². The van der Waals surface area contributed by atoms with Crippen molar-refractivity contribution in [3.63, 3.8) is 0 Å². The second-order valence-corrected chi connectivity index (χ2v) is 8.80. The maximum Gasteiger partial charge on any atom is 0.243 e. The number of nitrogens with zero attached hydrogens (tertiary/aromatic N) is 2. The van der Waals surface area contributed by atoms with Crippen LogP contribution in [0.4, 0.5) is 5.69 Å². The van der Waals surface area contributed by atoms with Crippen molar-refractivity contribution in [1.29, 1.82) is 0 Å². The number of carbonyl (C=O) groups excluding carboxylic acids is 1. The predicted octanol–water partition coefficient (Wildman–Crippen LogP) is 3.18. The molecule has 7 heteroatoms. The lowest BCUT2D eigenvalue weighted by molar-refractivity contribution is -0.128. The Kier molecular flexibility index (Phi) is 6.24. The van der Waals surface area contributed by atoms with E-state index in [0.29, 0.717) is 12.2 Å². The van der Waals surface area contributed by atoms with Gasteiger partial charge in [0.1, 0.15) is 6.54 Å². The van der Waals surface area contributed by atoms with Crippen LogP contribution in [0.5, 0.6) is 0 Å². The fourth-order valence-corrected chi connectivity index (χ4v) is 3.42. The Balaban J connectivity index is 2.13. The van der Waals surface area contributed by atoms with E-state index in [1.165, 1.54) is 4.90 Å². The monoisotopic (exact) mass is 424 g/mol. The van der Waals surface area contributed by atoms with E-state index in [1.54, 1.807) is 31.3 Å². The summed E-state index contributed by atoms with van der Waals surface area (Å²) in [4.78, 5) is 14.1. The van der Waals surface area contributed by atoms with Crippen molar-refractivity contribution in [1.82, 2.24) is 4.90 Å². The van der Waals surface area contributed by atoms with Gasteiger partial charge >= 0.3 is 0 Å². The first-order valence-corrected chi connectivity index (χ1v) is 10.3. The Morgan fingerprint density at radius 3 is 2.12 bits per heavy atom. The van der Waals surface area contributed by atoms with Crippen molar-refractivity contribution in [2.75, 3.05) is 24.2 Å². The zero-order chi connectivity index (χ0) is 18.6. The largest absolute Gasteiger partial charge is 0.340 e. The normalized spacial score (nSPS) is 11.2. The minimum Gasteiger partial charge on any atom is -0.340 e. The van der Waals surface area contributed by atoms with Gasteiger partial charge in [-0.05, 0) is 36.8 Å². The molecule has 5 nitrogen and oxygen atoms in total. The molecule has 0 spiro atoms. The molecule has 0 saturated carbocycles. The lowest BCUT2D eigenvalue weighted by Crippen LogP contribution is -2.41. The average molecular weight is 425 g/mol. The van der Waals surface area contributed by atoms with Crippen LogP contribution in [0, 0.1) is 6.92 Å². The molecule has 134 valence electrons. The van der Waals surface area contributed by atoms with E-state index in [0.717, 1.165) is 26.2 Å². The Hall–Kier alpha value is -1.86. The molecule has 0 saturated heterocycles. The highest BCUT2D eigenvalue weighted by molar-refractivity contribution is 9.10. The molecule has 0 unspecified atom stereocenters. The number of aryl methyl sites for hydroxylation is 1. The molecule has 0 radical (unpaired) electrons. The molecule has 2 aromatic rings. The van der Waals surface area contributed by atoms with Crippen LogP contribution in [0.25, 0.3) is 0 Å². The quantitative estimate of drug-likeness (QED) is 0.715. The minimum absolute atomic E-state index is 0.233. The molecule has 0 aromatic heterocycles. The van der Waals surface area contributed by atoms with Crippen LogP contribution >= 0.6 is 15.9 Å². The number of likely N-dealkylation sites (N-methyl/N-ethyl adjacent to an activating group) is 1. The summed E-state index contributed by atoms with van der Waals surface area (Å²) in [6, 6.07) is 14.7. The molecule has 0 aliphatic heterocycles. The molecule has 0 heterocycles. The lowest BCUT2D eigenvalue weighted by atomic mass is 10.1. The summed E-state index contributed by atoms with van der Waals surface area (Å²) >= 11 is 3.32. The second kappa shape index (κ2) is 8.01. The van der Waals surface area contributed by atoms with Crippen LogP contribution in [-0.4, -0.2) is 39.1 Å². The van der Waals surface area contributed by atoms with Gasteiger partial charge in [-0.1, -0.05) is 45.8 Å². The lowest BCUT2D eigenvalue weighted by Gasteiger charge is -2.25. The Labute approximate surface area is 157 Å². The van der Waals surface area contributed by atoms with E-state index in [-0.39, 0.29) is 12.5 Å². The number of anilines is 1. The van der Waals surface area contributed by atoms with Gasteiger partial charge in [-0.2, -0.15) is 0 Å². The van der Waals surface area contributed by atoms with E-state index in [9.17, 15) is 13.2 Å². The highest BCUT2D eigenvalue weighted by Crippen LogP contribution is 2.21. The van der Waals surface area contributed by atoms with Crippen LogP contribution < -0.4 is 4.31 Å². The average Bonchev–Trinajstić information content (AvgIpc) is 2.54. The summed E-state index contributed by atoms with van der Waals surface area (Å²) in [5.74, 6) is -0.270. The molecule has 0 bridgehead atoms. The zero-order valence-corrected chi connectivity index (χ0v) is 16.8. The highest BCUT2D eigenvalue weighted by atomic mass is 79.9. The standard InChI is InChI=1S/C18H21BrN2O3S/c1-14-4-6-15(7-5-14)12-20(2)18(22)13-21(25(3,23)24)17-10-8-16(19)9-11-17/h4-11H,12-13H2,1-3H3. The SMILES string of the molecule is Cc1ccc(CN(C)C(=O)CN(c2ccc(Br)cc2)S(C)(=O)=O)cc1. The fraction of sp³-hybridized carbons (Fsp3) is 0.278. The first-order valence-electron chi connectivity index (χ1n) is 7.69. The number of hydrogen-bond acceptors (Lipinski definition) is 3. The number of amides is 1. The highest BCUT2D eigenvalue weighted by Gasteiger charge is 2.22. The first kappa shape index (κ1) is 19.5. The smallest absolute Gasteiger partial charge is 0.243 e. The van der Waals surface area contributed by atoms with Crippen LogP contribution in [0.1, 0.15) is 11.1 Å². The van der Waals surface area contributed by atoms with E-state index in [1.807, 2.05) is 31.2 Å². The molecule has 1 amide bonds. The minimum atomic E-state index is -3.57. The molecule has 2 aromatic carbocycles. The molecule has 0 fully saturated rings. The number of hydrogen-bond donors (Lipinski definition) is 0. The van der Waals surface area contributed by atoms with Crippen molar-refractivity contribution in [3.8, 4) is 0 Å². The Morgan fingerprint density at radius 2 is 1.60 bits per heavy atom. The van der Waals surface area contributed by atoms with Gasteiger partial charge in [0, 0.05) is 18.1 Å². The Morgan fingerprint density at radius 1 is 1.04 bits per heavy atom. The molecule has 2 rings (SSSR count). The first-order chi connectivity index (χ1) is 11.7. The van der Waals surface area contributed by atoms with Crippen LogP contribution in [0.15, 0.2) is 53.0 Å². The molecular formula is C18H21BrN2O3S.